The predicted molar refractivity (Wildman–Crippen MR) is 97.1 cm³/mol. The largest absolute Gasteiger partial charge is 0.486 e. The minimum atomic E-state index is -0.255. The SMILES string of the molecule is C[C@@H](NC(=O)c1cnn2cc(CCO)cnc12)c1ccc2c(c1)OCCO2. The minimum Gasteiger partial charge on any atom is -0.486 e. The van der Waals surface area contributed by atoms with Crippen molar-refractivity contribution in [1.29, 1.82) is 0 Å². The molecule has 27 heavy (non-hydrogen) atoms. The van der Waals surface area contributed by atoms with Gasteiger partial charge in [-0.25, -0.2) is 9.50 Å². The highest BCUT2D eigenvalue weighted by molar-refractivity contribution is 5.99. The number of nitrogens with one attached hydrogen (secondary N) is 1. The molecule has 140 valence electrons. The average molecular weight is 368 g/mol. The van der Waals surface area contributed by atoms with Crippen LogP contribution in [0.25, 0.3) is 5.65 Å². The maximum absolute atomic E-state index is 12.7. The van der Waals surface area contributed by atoms with Crippen molar-refractivity contribution in [3.05, 3.63) is 53.5 Å². The Labute approximate surface area is 155 Å². The standard InChI is InChI=1S/C19H20N4O4/c1-12(14-2-3-16-17(8-14)27-7-6-26-16)22-19(25)15-10-21-23-11-13(4-5-24)9-20-18(15)23/h2-3,8-12,24H,4-7H2,1H3,(H,22,25)/t12-/m1/s1. The van der Waals surface area contributed by atoms with Gasteiger partial charge < -0.3 is 19.9 Å². The first-order chi connectivity index (χ1) is 13.2. The lowest BCUT2D eigenvalue weighted by molar-refractivity contribution is 0.0941. The number of rotatable bonds is 5. The van der Waals surface area contributed by atoms with E-state index in [4.69, 9.17) is 14.6 Å². The third kappa shape index (κ3) is 3.43. The summed E-state index contributed by atoms with van der Waals surface area (Å²) in [5, 5.41) is 16.2. The van der Waals surface area contributed by atoms with Gasteiger partial charge in [0, 0.05) is 19.0 Å². The van der Waals surface area contributed by atoms with Gasteiger partial charge in [0.05, 0.1) is 12.2 Å². The summed E-state index contributed by atoms with van der Waals surface area (Å²) in [7, 11) is 0. The van der Waals surface area contributed by atoms with E-state index in [0.29, 0.717) is 42.3 Å². The first-order valence-electron chi connectivity index (χ1n) is 8.79. The van der Waals surface area contributed by atoms with Crippen LogP contribution in [0.2, 0.25) is 0 Å². The molecule has 0 aliphatic carbocycles. The van der Waals surface area contributed by atoms with Gasteiger partial charge in [0.2, 0.25) is 0 Å². The van der Waals surface area contributed by atoms with Crippen LogP contribution >= 0.6 is 0 Å². The fourth-order valence-electron chi connectivity index (χ4n) is 3.02. The van der Waals surface area contributed by atoms with E-state index in [1.165, 1.54) is 6.20 Å². The Morgan fingerprint density at radius 1 is 1.30 bits per heavy atom. The van der Waals surface area contributed by atoms with Gasteiger partial charge in [-0.3, -0.25) is 4.79 Å². The van der Waals surface area contributed by atoms with Crippen molar-refractivity contribution >= 4 is 11.6 Å². The molecule has 3 aromatic rings. The number of aliphatic hydroxyl groups is 1. The number of fused-ring (bicyclic) bond motifs is 2. The molecule has 0 saturated carbocycles. The highest BCUT2D eigenvalue weighted by atomic mass is 16.6. The zero-order valence-electron chi connectivity index (χ0n) is 14.9. The molecular formula is C19H20N4O4. The molecule has 0 saturated heterocycles. The lowest BCUT2D eigenvalue weighted by Gasteiger charge is -2.21. The van der Waals surface area contributed by atoms with Gasteiger partial charge in [-0.15, -0.1) is 0 Å². The van der Waals surface area contributed by atoms with Crippen LogP contribution in [0.5, 0.6) is 11.5 Å². The van der Waals surface area contributed by atoms with Crippen LogP contribution in [0.15, 0.2) is 36.8 Å². The second-order valence-corrected chi connectivity index (χ2v) is 6.36. The quantitative estimate of drug-likeness (QED) is 0.709. The molecule has 0 bridgehead atoms. The van der Waals surface area contributed by atoms with Gasteiger partial charge in [0.15, 0.2) is 17.1 Å². The number of hydrogen-bond donors (Lipinski definition) is 2. The van der Waals surface area contributed by atoms with Crippen LogP contribution in [0.1, 0.15) is 34.5 Å². The lowest BCUT2D eigenvalue weighted by Crippen LogP contribution is -2.27. The molecule has 1 atom stereocenters. The second-order valence-electron chi connectivity index (χ2n) is 6.36. The number of carbonyl (C=O) groups excluding carboxylic acids is 1. The maximum atomic E-state index is 12.7. The topological polar surface area (TPSA) is 98.0 Å². The molecule has 0 spiro atoms. The molecule has 8 heteroatoms. The van der Waals surface area contributed by atoms with E-state index in [-0.39, 0.29) is 18.6 Å². The fourth-order valence-corrected chi connectivity index (χ4v) is 3.02. The molecule has 1 aromatic carbocycles. The average Bonchev–Trinajstić information content (AvgIpc) is 3.11. The van der Waals surface area contributed by atoms with E-state index in [0.717, 1.165) is 11.1 Å². The van der Waals surface area contributed by atoms with Crippen molar-refractivity contribution in [1.82, 2.24) is 19.9 Å². The van der Waals surface area contributed by atoms with Crippen LogP contribution in [0, 0.1) is 0 Å². The van der Waals surface area contributed by atoms with Crippen molar-refractivity contribution in [2.45, 2.75) is 19.4 Å². The molecule has 0 radical (unpaired) electrons. The van der Waals surface area contributed by atoms with E-state index in [1.54, 1.807) is 16.9 Å². The highest BCUT2D eigenvalue weighted by Crippen LogP contribution is 2.32. The van der Waals surface area contributed by atoms with Gasteiger partial charge in [-0.2, -0.15) is 5.10 Å². The zero-order chi connectivity index (χ0) is 18.8. The molecule has 4 rings (SSSR count). The van der Waals surface area contributed by atoms with E-state index in [2.05, 4.69) is 15.4 Å². The summed E-state index contributed by atoms with van der Waals surface area (Å²) in [6, 6.07) is 5.42. The number of ether oxygens (including phenoxy) is 2. The van der Waals surface area contributed by atoms with Crippen LogP contribution < -0.4 is 14.8 Å². The van der Waals surface area contributed by atoms with Crippen molar-refractivity contribution in [3.8, 4) is 11.5 Å². The smallest absolute Gasteiger partial charge is 0.257 e. The Hall–Kier alpha value is -3.13. The van der Waals surface area contributed by atoms with Crippen LogP contribution in [-0.2, 0) is 6.42 Å². The molecule has 8 nitrogen and oxygen atoms in total. The second kappa shape index (κ2) is 7.24. The van der Waals surface area contributed by atoms with Crippen LogP contribution in [-0.4, -0.2) is 45.4 Å². The Morgan fingerprint density at radius 3 is 2.93 bits per heavy atom. The fraction of sp³-hybridized carbons (Fsp3) is 0.316. The van der Waals surface area contributed by atoms with Gasteiger partial charge in [-0.1, -0.05) is 6.07 Å². The molecule has 2 aromatic heterocycles. The maximum Gasteiger partial charge on any atom is 0.257 e. The van der Waals surface area contributed by atoms with Gasteiger partial charge in [0.1, 0.15) is 18.8 Å². The van der Waals surface area contributed by atoms with Crippen molar-refractivity contribution < 1.29 is 19.4 Å². The molecular weight excluding hydrogens is 348 g/mol. The summed E-state index contributed by atoms with van der Waals surface area (Å²) in [6.45, 7) is 3.00. The summed E-state index contributed by atoms with van der Waals surface area (Å²) in [5.41, 5.74) is 2.64. The molecule has 1 aliphatic heterocycles. The Bertz CT molecular complexity index is 985. The summed E-state index contributed by atoms with van der Waals surface area (Å²) >= 11 is 0. The lowest BCUT2D eigenvalue weighted by atomic mass is 10.1. The molecule has 0 fully saturated rings. The normalized spacial score (nSPS) is 14.1. The Balaban J connectivity index is 1.52. The highest BCUT2D eigenvalue weighted by Gasteiger charge is 2.19. The van der Waals surface area contributed by atoms with Crippen molar-refractivity contribution in [2.75, 3.05) is 19.8 Å². The zero-order valence-corrected chi connectivity index (χ0v) is 14.9. The minimum absolute atomic E-state index is 0.0366. The van der Waals surface area contributed by atoms with Crippen molar-refractivity contribution in [3.63, 3.8) is 0 Å². The Morgan fingerprint density at radius 2 is 2.11 bits per heavy atom. The van der Waals surface area contributed by atoms with E-state index >= 15 is 0 Å². The summed E-state index contributed by atoms with van der Waals surface area (Å²) < 4.78 is 12.7. The van der Waals surface area contributed by atoms with E-state index in [9.17, 15) is 4.79 Å². The monoisotopic (exact) mass is 368 g/mol. The molecule has 3 heterocycles. The van der Waals surface area contributed by atoms with Crippen LogP contribution in [0.3, 0.4) is 0 Å². The number of nitrogens with zero attached hydrogens (tertiary/aromatic N) is 3. The van der Waals surface area contributed by atoms with Crippen molar-refractivity contribution in [2.24, 2.45) is 0 Å². The van der Waals surface area contributed by atoms with E-state index in [1.807, 2.05) is 25.1 Å². The number of benzene rings is 1. The molecule has 1 amide bonds. The van der Waals surface area contributed by atoms with E-state index < -0.39 is 0 Å². The number of amides is 1. The van der Waals surface area contributed by atoms with Crippen LogP contribution in [0.4, 0.5) is 0 Å². The summed E-state index contributed by atoms with van der Waals surface area (Å²) in [5.74, 6) is 1.15. The molecule has 1 aliphatic rings. The number of carbonyl (C=O) groups is 1. The first kappa shape index (κ1) is 17.3. The number of aliphatic hydroxyl groups excluding tert-OH is 1. The predicted octanol–water partition coefficient (Wildman–Crippen LogP) is 1.53. The summed E-state index contributed by atoms with van der Waals surface area (Å²) in [4.78, 5) is 17.0. The van der Waals surface area contributed by atoms with Gasteiger partial charge >= 0.3 is 0 Å². The first-order valence-corrected chi connectivity index (χ1v) is 8.79. The number of aromatic nitrogens is 3. The third-order valence-corrected chi connectivity index (χ3v) is 4.47. The number of hydrogen-bond acceptors (Lipinski definition) is 6. The summed E-state index contributed by atoms with van der Waals surface area (Å²) in [6.07, 6.45) is 5.40. The third-order valence-electron chi connectivity index (χ3n) is 4.47. The Kier molecular flexibility index (Phi) is 4.64. The molecule has 2 N–H and O–H groups in total. The van der Waals surface area contributed by atoms with Gasteiger partial charge in [-0.05, 0) is 36.6 Å². The van der Waals surface area contributed by atoms with Gasteiger partial charge in [0.25, 0.3) is 5.91 Å². The molecule has 0 unspecified atom stereocenters.